The summed E-state index contributed by atoms with van der Waals surface area (Å²) in [4.78, 5) is 0. The quantitative estimate of drug-likeness (QED) is 0.705. The van der Waals surface area contributed by atoms with Crippen LogP contribution in [-0.2, 0) is 0 Å². The molecule has 0 aromatic heterocycles. The SMILES string of the molecule is CCC(c1ccccc1)c1ccc(Cl)cc1. The van der Waals surface area contributed by atoms with Crippen molar-refractivity contribution in [2.45, 2.75) is 19.3 Å². The second-order valence-electron chi connectivity index (χ2n) is 3.92. The van der Waals surface area contributed by atoms with Gasteiger partial charge in [-0.3, -0.25) is 0 Å². The zero-order valence-corrected chi connectivity index (χ0v) is 10.1. The van der Waals surface area contributed by atoms with Crippen molar-refractivity contribution in [3.05, 3.63) is 70.7 Å². The highest BCUT2D eigenvalue weighted by Gasteiger charge is 2.10. The molecule has 2 aromatic rings. The van der Waals surface area contributed by atoms with Crippen LogP contribution in [0.2, 0.25) is 5.02 Å². The summed E-state index contributed by atoms with van der Waals surface area (Å²) in [6.07, 6.45) is 1.10. The van der Waals surface area contributed by atoms with Crippen molar-refractivity contribution in [2.75, 3.05) is 0 Å². The minimum absolute atomic E-state index is 0.471. The first kappa shape index (κ1) is 11.2. The van der Waals surface area contributed by atoms with Crippen molar-refractivity contribution in [3.8, 4) is 0 Å². The average Bonchev–Trinajstić information content (AvgIpc) is 2.34. The van der Waals surface area contributed by atoms with Crippen LogP contribution in [0.1, 0.15) is 30.4 Å². The highest BCUT2D eigenvalue weighted by molar-refractivity contribution is 6.30. The van der Waals surface area contributed by atoms with Gasteiger partial charge in [0, 0.05) is 10.9 Å². The topological polar surface area (TPSA) is 0 Å². The van der Waals surface area contributed by atoms with Crippen LogP contribution in [0.3, 0.4) is 0 Å². The lowest BCUT2D eigenvalue weighted by atomic mass is 9.89. The van der Waals surface area contributed by atoms with E-state index in [2.05, 4.69) is 49.4 Å². The molecule has 0 aliphatic rings. The summed E-state index contributed by atoms with van der Waals surface area (Å²) in [5.41, 5.74) is 2.70. The number of hydrogen-bond acceptors (Lipinski definition) is 0. The molecular formula is C15H15Cl. The van der Waals surface area contributed by atoms with Crippen molar-refractivity contribution < 1.29 is 0 Å². The van der Waals surface area contributed by atoms with Crippen LogP contribution >= 0.6 is 11.6 Å². The highest BCUT2D eigenvalue weighted by atomic mass is 35.5. The third kappa shape index (κ3) is 2.45. The van der Waals surface area contributed by atoms with Crippen molar-refractivity contribution in [3.63, 3.8) is 0 Å². The lowest BCUT2D eigenvalue weighted by Gasteiger charge is -2.15. The lowest BCUT2D eigenvalue weighted by molar-refractivity contribution is 0.777. The Labute approximate surface area is 102 Å². The summed E-state index contributed by atoms with van der Waals surface area (Å²) in [6, 6.07) is 18.8. The predicted octanol–water partition coefficient (Wildman–Crippen LogP) is 4.88. The maximum Gasteiger partial charge on any atom is 0.0406 e. The molecule has 0 spiro atoms. The molecule has 0 fully saturated rings. The first-order valence-electron chi connectivity index (χ1n) is 5.61. The molecule has 0 saturated heterocycles. The molecule has 2 rings (SSSR count). The van der Waals surface area contributed by atoms with E-state index < -0.39 is 0 Å². The Morgan fingerprint density at radius 2 is 1.44 bits per heavy atom. The minimum Gasteiger partial charge on any atom is -0.0843 e. The second kappa shape index (κ2) is 5.18. The minimum atomic E-state index is 0.471. The van der Waals surface area contributed by atoms with Crippen molar-refractivity contribution >= 4 is 11.6 Å². The van der Waals surface area contributed by atoms with Crippen LogP contribution in [0, 0.1) is 0 Å². The van der Waals surface area contributed by atoms with Crippen LogP contribution in [0.15, 0.2) is 54.6 Å². The maximum absolute atomic E-state index is 5.91. The van der Waals surface area contributed by atoms with E-state index >= 15 is 0 Å². The number of halogens is 1. The number of hydrogen-bond donors (Lipinski definition) is 0. The monoisotopic (exact) mass is 230 g/mol. The smallest absolute Gasteiger partial charge is 0.0406 e. The molecule has 0 amide bonds. The van der Waals surface area contributed by atoms with E-state index in [1.165, 1.54) is 11.1 Å². The van der Waals surface area contributed by atoms with Gasteiger partial charge in [0.2, 0.25) is 0 Å². The third-order valence-corrected chi connectivity index (χ3v) is 3.13. The molecule has 16 heavy (non-hydrogen) atoms. The van der Waals surface area contributed by atoms with Gasteiger partial charge in [-0.15, -0.1) is 0 Å². The van der Waals surface area contributed by atoms with E-state index in [1.807, 2.05) is 12.1 Å². The molecule has 0 saturated carbocycles. The van der Waals surface area contributed by atoms with Gasteiger partial charge in [-0.25, -0.2) is 0 Å². The van der Waals surface area contributed by atoms with Gasteiger partial charge in [0.1, 0.15) is 0 Å². The van der Waals surface area contributed by atoms with Crippen LogP contribution in [0.4, 0.5) is 0 Å². The summed E-state index contributed by atoms with van der Waals surface area (Å²) in [6.45, 7) is 2.21. The molecule has 1 heteroatoms. The third-order valence-electron chi connectivity index (χ3n) is 2.88. The van der Waals surface area contributed by atoms with E-state index in [0.29, 0.717) is 5.92 Å². The fourth-order valence-electron chi connectivity index (χ4n) is 2.04. The van der Waals surface area contributed by atoms with Gasteiger partial charge in [0.05, 0.1) is 0 Å². The summed E-state index contributed by atoms with van der Waals surface area (Å²) in [5.74, 6) is 0.471. The van der Waals surface area contributed by atoms with Gasteiger partial charge >= 0.3 is 0 Å². The Balaban J connectivity index is 2.33. The summed E-state index contributed by atoms with van der Waals surface area (Å²) in [7, 11) is 0. The molecule has 0 N–H and O–H groups in total. The lowest BCUT2D eigenvalue weighted by Crippen LogP contribution is -1.98. The molecule has 1 unspecified atom stereocenters. The summed E-state index contributed by atoms with van der Waals surface area (Å²) >= 11 is 5.91. The van der Waals surface area contributed by atoms with E-state index in [0.717, 1.165) is 11.4 Å². The number of rotatable bonds is 3. The zero-order valence-electron chi connectivity index (χ0n) is 9.36. The summed E-state index contributed by atoms with van der Waals surface area (Å²) in [5, 5.41) is 0.798. The molecule has 0 aliphatic carbocycles. The summed E-state index contributed by atoms with van der Waals surface area (Å²) < 4.78 is 0. The Kier molecular flexibility index (Phi) is 3.63. The highest BCUT2D eigenvalue weighted by Crippen LogP contribution is 2.28. The largest absolute Gasteiger partial charge is 0.0843 e. The Hall–Kier alpha value is -1.27. The van der Waals surface area contributed by atoms with Crippen molar-refractivity contribution in [1.29, 1.82) is 0 Å². The predicted molar refractivity (Wildman–Crippen MR) is 70.0 cm³/mol. The Morgan fingerprint density at radius 3 is 2.00 bits per heavy atom. The molecule has 2 aromatic carbocycles. The Bertz CT molecular complexity index is 431. The fraction of sp³-hybridized carbons (Fsp3) is 0.200. The first-order valence-corrected chi connectivity index (χ1v) is 5.99. The fourth-order valence-corrected chi connectivity index (χ4v) is 2.17. The van der Waals surface area contributed by atoms with E-state index in [1.54, 1.807) is 0 Å². The molecule has 1 atom stereocenters. The van der Waals surface area contributed by atoms with Gasteiger partial charge in [-0.05, 0) is 29.7 Å². The van der Waals surface area contributed by atoms with Crippen LogP contribution in [0.5, 0.6) is 0 Å². The molecule has 0 nitrogen and oxygen atoms in total. The standard InChI is InChI=1S/C15H15Cl/c1-2-15(12-6-4-3-5-7-12)13-8-10-14(16)11-9-13/h3-11,15H,2H2,1H3. The van der Waals surface area contributed by atoms with Gasteiger partial charge in [0.25, 0.3) is 0 Å². The van der Waals surface area contributed by atoms with Crippen molar-refractivity contribution in [2.24, 2.45) is 0 Å². The Morgan fingerprint density at radius 1 is 0.875 bits per heavy atom. The van der Waals surface area contributed by atoms with Gasteiger partial charge in [-0.2, -0.15) is 0 Å². The zero-order chi connectivity index (χ0) is 11.4. The second-order valence-corrected chi connectivity index (χ2v) is 4.36. The first-order chi connectivity index (χ1) is 7.81. The van der Waals surface area contributed by atoms with Crippen LogP contribution < -0.4 is 0 Å². The van der Waals surface area contributed by atoms with E-state index in [-0.39, 0.29) is 0 Å². The molecule has 82 valence electrons. The van der Waals surface area contributed by atoms with Gasteiger partial charge in [0.15, 0.2) is 0 Å². The van der Waals surface area contributed by atoms with Gasteiger partial charge in [-0.1, -0.05) is 61.0 Å². The molecule has 0 radical (unpaired) electrons. The van der Waals surface area contributed by atoms with Crippen LogP contribution in [0.25, 0.3) is 0 Å². The van der Waals surface area contributed by atoms with Crippen LogP contribution in [-0.4, -0.2) is 0 Å². The van der Waals surface area contributed by atoms with Gasteiger partial charge < -0.3 is 0 Å². The molecule has 0 aliphatic heterocycles. The van der Waals surface area contributed by atoms with E-state index in [9.17, 15) is 0 Å². The number of benzene rings is 2. The maximum atomic E-state index is 5.91. The molecular weight excluding hydrogens is 216 g/mol. The normalized spacial score (nSPS) is 12.4. The van der Waals surface area contributed by atoms with Crippen molar-refractivity contribution in [1.82, 2.24) is 0 Å². The molecule has 0 bridgehead atoms. The average molecular weight is 231 g/mol. The van der Waals surface area contributed by atoms with E-state index in [4.69, 9.17) is 11.6 Å². The molecule has 0 heterocycles.